The van der Waals surface area contributed by atoms with Gasteiger partial charge in [0, 0.05) is 18.2 Å². The molecule has 0 aromatic heterocycles. The number of amides is 3. The molecule has 0 aliphatic carbocycles. The fraction of sp³-hybridized carbons (Fsp3) is 0.318. The van der Waals surface area contributed by atoms with Gasteiger partial charge in [-0.2, -0.15) is 0 Å². The van der Waals surface area contributed by atoms with Crippen molar-refractivity contribution in [3.8, 4) is 0 Å². The highest BCUT2D eigenvalue weighted by atomic mass is 16.2. The van der Waals surface area contributed by atoms with E-state index in [-0.39, 0.29) is 30.3 Å². The first-order valence-electron chi connectivity index (χ1n) is 9.45. The highest BCUT2D eigenvalue weighted by molar-refractivity contribution is 6.21. The lowest BCUT2D eigenvalue weighted by Crippen LogP contribution is -2.41. The maximum atomic E-state index is 12.6. The molecule has 1 aliphatic heterocycles. The first kappa shape index (κ1) is 19.8. The van der Waals surface area contributed by atoms with Crippen LogP contribution in [0.2, 0.25) is 0 Å². The van der Waals surface area contributed by atoms with Crippen LogP contribution >= 0.6 is 0 Å². The fourth-order valence-corrected chi connectivity index (χ4v) is 3.43. The second-order valence-electron chi connectivity index (χ2n) is 7.48. The van der Waals surface area contributed by atoms with Crippen LogP contribution in [0.25, 0.3) is 0 Å². The van der Waals surface area contributed by atoms with Gasteiger partial charge in [-0.3, -0.25) is 19.3 Å². The van der Waals surface area contributed by atoms with Crippen molar-refractivity contribution < 1.29 is 14.4 Å². The molecule has 6 heteroatoms. The third-order valence-electron chi connectivity index (χ3n) is 4.78. The van der Waals surface area contributed by atoms with Crippen LogP contribution in [0.5, 0.6) is 0 Å². The third-order valence-corrected chi connectivity index (χ3v) is 4.78. The summed E-state index contributed by atoms with van der Waals surface area (Å²) in [6, 6.07) is 13.7. The van der Waals surface area contributed by atoms with E-state index < -0.39 is 0 Å². The normalized spacial score (nSPS) is 14.4. The molecule has 1 atom stereocenters. The monoisotopic (exact) mass is 379 g/mol. The summed E-state index contributed by atoms with van der Waals surface area (Å²) >= 11 is 0. The summed E-state index contributed by atoms with van der Waals surface area (Å²) < 4.78 is 0. The molecule has 146 valence electrons. The minimum Gasteiger partial charge on any atom is -0.348 e. The zero-order valence-corrected chi connectivity index (χ0v) is 16.1. The molecule has 2 aromatic rings. The van der Waals surface area contributed by atoms with Gasteiger partial charge in [0.2, 0.25) is 0 Å². The van der Waals surface area contributed by atoms with Gasteiger partial charge in [-0.25, -0.2) is 0 Å². The highest BCUT2D eigenvalue weighted by Gasteiger charge is 2.35. The Kier molecular flexibility index (Phi) is 5.90. The topological polar surface area (TPSA) is 92.5 Å². The summed E-state index contributed by atoms with van der Waals surface area (Å²) in [4.78, 5) is 38.8. The summed E-state index contributed by atoms with van der Waals surface area (Å²) in [5.74, 6) is -0.402. The van der Waals surface area contributed by atoms with Crippen molar-refractivity contribution in [2.75, 3.05) is 6.54 Å². The molecule has 0 saturated heterocycles. The van der Waals surface area contributed by atoms with Crippen LogP contribution < -0.4 is 11.1 Å². The van der Waals surface area contributed by atoms with E-state index in [1.165, 1.54) is 4.90 Å². The number of nitrogens with one attached hydrogen (secondary N) is 1. The van der Waals surface area contributed by atoms with E-state index >= 15 is 0 Å². The number of carbonyl (C=O) groups excluding carboxylic acids is 3. The largest absolute Gasteiger partial charge is 0.348 e. The lowest BCUT2D eigenvalue weighted by molar-refractivity contribution is 0.0642. The van der Waals surface area contributed by atoms with Crippen LogP contribution in [0, 0.1) is 5.92 Å². The number of benzene rings is 2. The summed E-state index contributed by atoms with van der Waals surface area (Å²) in [6.07, 6.45) is 0.803. The first-order valence-corrected chi connectivity index (χ1v) is 9.45. The van der Waals surface area contributed by atoms with Gasteiger partial charge >= 0.3 is 0 Å². The van der Waals surface area contributed by atoms with Crippen LogP contribution in [0.15, 0.2) is 48.5 Å². The molecule has 2 aromatic carbocycles. The molecule has 0 radical (unpaired) electrons. The Balaban J connectivity index is 1.73. The van der Waals surface area contributed by atoms with Crippen LogP contribution in [-0.2, 0) is 6.54 Å². The predicted molar refractivity (Wildman–Crippen MR) is 107 cm³/mol. The average molecular weight is 379 g/mol. The quantitative estimate of drug-likeness (QED) is 0.723. The Labute approximate surface area is 164 Å². The molecule has 3 rings (SSSR count). The minimum atomic E-state index is -0.310. The van der Waals surface area contributed by atoms with Gasteiger partial charge in [-0.05, 0) is 42.2 Å². The number of hydrogen-bond acceptors (Lipinski definition) is 4. The maximum Gasteiger partial charge on any atom is 0.261 e. The van der Waals surface area contributed by atoms with Crippen molar-refractivity contribution in [1.82, 2.24) is 10.2 Å². The second-order valence-corrected chi connectivity index (χ2v) is 7.48. The lowest BCUT2D eigenvalue weighted by Gasteiger charge is -2.19. The van der Waals surface area contributed by atoms with E-state index in [1.807, 2.05) is 0 Å². The van der Waals surface area contributed by atoms with Gasteiger partial charge in [-0.1, -0.05) is 38.1 Å². The number of fused-ring (bicyclic) bond motifs is 1. The number of rotatable bonds is 7. The van der Waals surface area contributed by atoms with Crippen LogP contribution in [0.3, 0.4) is 0 Å². The van der Waals surface area contributed by atoms with Crippen LogP contribution in [-0.4, -0.2) is 35.2 Å². The molecule has 6 nitrogen and oxygen atoms in total. The van der Waals surface area contributed by atoms with Crippen molar-refractivity contribution in [2.24, 2.45) is 11.7 Å². The molecule has 3 N–H and O–H groups in total. The molecule has 1 aliphatic rings. The van der Waals surface area contributed by atoms with Crippen molar-refractivity contribution >= 4 is 17.7 Å². The van der Waals surface area contributed by atoms with Crippen molar-refractivity contribution in [2.45, 2.75) is 32.9 Å². The van der Waals surface area contributed by atoms with Gasteiger partial charge in [0.1, 0.15) is 0 Å². The molecule has 0 spiro atoms. The van der Waals surface area contributed by atoms with Crippen molar-refractivity contribution in [3.05, 3.63) is 70.8 Å². The zero-order chi connectivity index (χ0) is 20.3. The molecule has 0 fully saturated rings. The molecular formula is C22H25N3O3. The Morgan fingerprint density at radius 1 is 1.04 bits per heavy atom. The van der Waals surface area contributed by atoms with E-state index in [1.54, 1.807) is 48.5 Å². The fourth-order valence-electron chi connectivity index (χ4n) is 3.43. The lowest BCUT2D eigenvalue weighted by atomic mass is 10.0. The average Bonchev–Trinajstić information content (AvgIpc) is 2.92. The number of carbonyl (C=O) groups is 3. The molecular weight excluding hydrogens is 354 g/mol. The van der Waals surface area contributed by atoms with Crippen LogP contribution in [0.4, 0.5) is 0 Å². The number of nitrogens with zero attached hydrogens (tertiary/aromatic N) is 1. The SMILES string of the molecule is CC(C)CC(CN)NC(=O)c1cccc(CN2C(=O)c3ccccc3C2=O)c1. The Hall–Kier alpha value is -2.99. The van der Waals surface area contributed by atoms with Gasteiger partial charge in [0.15, 0.2) is 0 Å². The Morgan fingerprint density at radius 2 is 1.68 bits per heavy atom. The first-order chi connectivity index (χ1) is 13.4. The molecule has 3 amide bonds. The predicted octanol–water partition coefficient (Wildman–Crippen LogP) is 2.59. The minimum absolute atomic E-state index is 0.0904. The van der Waals surface area contributed by atoms with Gasteiger partial charge in [-0.15, -0.1) is 0 Å². The van der Waals surface area contributed by atoms with Gasteiger partial charge < -0.3 is 11.1 Å². The van der Waals surface area contributed by atoms with E-state index in [4.69, 9.17) is 5.73 Å². The summed E-state index contributed by atoms with van der Waals surface area (Å²) in [7, 11) is 0. The smallest absolute Gasteiger partial charge is 0.261 e. The van der Waals surface area contributed by atoms with Crippen molar-refractivity contribution in [1.29, 1.82) is 0 Å². The van der Waals surface area contributed by atoms with E-state index in [2.05, 4.69) is 19.2 Å². The molecule has 0 bridgehead atoms. The van der Waals surface area contributed by atoms with E-state index in [0.717, 1.165) is 12.0 Å². The van der Waals surface area contributed by atoms with Gasteiger partial charge in [0.25, 0.3) is 17.7 Å². The molecule has 28 heavy (non-hydrogen) atoms. The molecule has 1 unspecified atom stereocenters. The number of hydrogen-bond donors (Lipinski definition) is 2. The summed E-state index contributed by atoms with van der Waals surface area (Å²) in [6.45, 7) is 4.66. The standard InChI is InChI=1S/C22H25N3O3/c1-14(2)10-17(12-23)24-20(26)16-7-5-6-15(11-16)13-25-21(27)18-8-3-4-9-19(18)22(25)28/h3-9,11,14,17H,10,12-13,23H2,1-2H3,(H,24,26). The zero-order valence-electron chi connectivity index (χ0n) is 16.1. The Morgan fingerprint density at radius 3 is 2.25 bits per heavy atom. The van der Waals surface area contributed by atoms with Crippen LogP contribution in [0.1, 0.15) is 56.9 Å². The van der Waals surface area contributed by atoms with Crippen molar-refractivity contribution in [3.63, 3.8) is 0 Å². The van der Waals surface area contributed by atoms with Gasteiger partial charge in [0.05, 0.1) is 17.7 Å². The third kappa shape index (κ3) is 4.12. The molecule has 1 heterocycles. The second kappa shape index (κ2) is 8.35. The molecule has 0 saturated carbocycles. The summed E-state index contributed by atoms with van der Waals surface area (Å²) in [5, 5.41) is 2.96. The number of imide groups is 1. The Bertz CT molecular complexity index is 872. The maximum absolute atomic E-state index is 12.6. The summed E-state index contributed by atoms with van der Waals surface area (Å²) in [5.41, 5.74) is 7.80. The highest BCUT2D eigenvalue weighted by Crippen LogP contribution is 2.24. The number of nitrogens with two attached hydrogens (primary N) is 1. The van der Waals surface area contributed by atoms with E-state index in [0.29, 0.717) is 29.2 Å². The van der Waals surface area contributed by atoms with E-state index in [9.17, 15) is 14.4 Å².